The lowest BCUT2D eigenvalue weighted by Crippen LogP contribution is -1.97. The minimum Gasteiger partial charge on any atom is -0.0856 e. The summed E-state index contributed by atoms with van der Waals surface area (Å²) in [4.78, 5) is 0. The van der Waals surface area contributed by atoms with E-state index in [-0.39, 0.29) is 0 Å². The minimum atomic E-state index is 0.870. The summed E-state index contributed by atoms with van der Waals surface area (Å²) in [5, 5.41) is 0. The molecule has 0 aliphatic rings. The number of hydrogen-bond donors (Lipinski definition) is 0. The molecule has 0 fully saturated rings. The fourth-order valence-electron chi connectivity index (χ4n) is 2.10. The van der Waals surface area contributed by atoms with E-state index in [0.29, 0.717) is 0 Å². The Morgan fingerprint density at radius 1 is 1.06 bits per heavy atom. The van der Waals surface area contributed by atoms with Crippen molar-refractivity contribution in [2.24, 2.45) is 11.8 Å². The standard InChI is InChI=1S/C16H31/c1-6-9-15(4)12-8-13-16(5)11-7-10-14(2)3/h9,14,16H,1,6-8,10-13H2,2-5H3. The van der Waals surface area contributed by atoms with E-state index in [9.17, 15) is 0 Å². The second kappa shape index (κ2) is 9.93. The maximum absolute atomic E-state index is 3.85. The Hall–Kier alpha value is -0.260. The molecule has 0 N–H and O–H groups in total. The van der Waals surface area contributed by atoms with Gasteiger partial charge in [0, 0.05) is 0 Å². The van der Waals surface area contributed by atoms with Gasteiger partial charge in [-0.3, -0.25) is 0 Å². The number of rotatable bonds is 9. The molecule has 0 bridgehead atoms. The summed E-state index contributed by atoms with van der Waals surface area (Å²) in [5.41, 5.74) is 1.52. The molecule has 0 aromatic rings. The normalized spacial score (nSPS) is 14.5. The first-order valence-electron chi connectivity index (χ1n) is 7.01. The molecule has 0 saturated heterocycles. The molecular formula is C16H31. The van der Waals surface area contributed by atoms with E-state index in [0.717, 1.165) is 18.3 Å². The molecule has 0 aromatic carbocycles. The Balaban J connectivity index is 3.43. The van der Waals surface area contributed by atoms with Crippen LogP contribution in [0.2, 0.25) is 0 Å². The van der Waals surface area contributed by atoms with Gasteiger partial charge in [-0.05, 0) is 44.9 Å². The first-order valence-corrected chi connectivity index (χ1v) is 7.01. The van der Waals surface area contributed by atoms with Crippen molar-refractivity contribution in [3.63, 3.8) is 0 Å². The molecule has 0 heteroatoms. The van der Waals surface area contributed by atoms with Gasteiger partial charge in [-0.15, -0.1) is 0 Å². The molecule has 0 amide bonds. The third-order valence-corrected chi connectivity index (χ3v) is 3.24. The van der Waals surface area contributed by atoms with E-state index in [1.54, 1.807) is 0 Å². The number of hydrogen-bond acceptors (Lipinski definition) is 0. The van der Waals surface area contributed by atoms with Crippen LogP contribution in [0.1, 0.15) is 72.6 Å². The highest BCUT2D eigenvalue weighted by atomic mass is 14.1. The van der Waals surface area contributed by atoms with Crippen LogP contribution >= 0.6 is 0 Å². The third-order valence-electron chi connectivity index (χ3n) is 3.24. The molecule has 1 atom stereocenters. The molecule has 16 heavy (non-hydrogen) atoms. The summed E-state index contributed by atoms with van der Waals surface area (Å²) >= 11 is 0. The quantitative estimate of drug-likeness (QED) is 0.434. The Morgan fingerprint density at radius 3 is 2.25 bits per heavy atom. The van der Waals surface area contributed by atoms with Crippen LogP contribution in [0.4, 0.5) is 0 Å². The summed E-state index contributed by atoms with van der Waals surface area (Å²) in [7, 11) is 0. The third kappa shape index (κ3) is 10.3. The zero-order valence-corrected chi connectivity index (χ0v) is 11.9. The van der Waals surface area contributed by atoms with Crippen molar-refractivity contribution in [2.75, 3.05) is 0 Å². The van der Waals surface area contributed by atoms with Crippen molar-refractivity contribution in [3.8, 4) is 0 Å². The molecule has 0 aliphatic heterocycles. The Kier molecular flexibility index (Phi) is 9.77. The summed E-state index contributed by atoms with van der Waals surface area (Å²) in [5.74, 6) is 1.78. The van der Waals surface area contributed by atoms with Crippen molar-refractivity contribution in [3.05, 3.63) is 18.6 Å². The highest BCUT2D eigenvalue weighted by Gasteiger charge is 2.03. The molecule has 1 radical (unpaired) electrons. The van der Waals surface area contributed by atoms with Gasteiger partial charge in [0.15, 0.2) is 0 Å². The van der Waals surface area contributed by atoms with Crippen LogP contribution < -0.4 is 0 Å². The van der Waals surface area contributed by atoms with Crippen LogP contribution in [0.5, 0.6) is 0 Å². The first kappa shape index (κ1) is 15.7. The van der Waals surface area contributed by atoms with Gasteiger partial charge >= 0.3 is 0 Å². The van der Waals surface area contributed by atoms with Gasteiger partial charge in [-0.25, -0.2) is 0 Å². The molecule has 0 aromatic heterocycles. The van der Waals surface area contributed by atoms with Gasteiger partial charge < -0.3 is 0 Å². The van der Waals surface area contributed by atoms with Gasteiger partial charge in [0.1, 0.15) is 0 Å². The van der Waals surface area contributed by atoms with Gasteiger partial charge in [0.2, 0.25) is 0 Å². The minimum absolute atomic E-state index is 0.870. The van der Waals surface area contributed by atoms with E-state index in [2.05, 4.69) is 40.7 Å². The Labute approximate surface area is 104 Å². The molecule has 1 unspecified atom stereocenters. The maximum atomic E-state index is 3.85. The Bertz CT molecular complexity index is 176. The molecule has 0 heterocycles. The topological polar surface area (TPSA) is 0 Å². The van der Waals surface area contributed by atoms with E-state index < -0.39 is 0 Å². The lowest BCUT2D eigenvalue weighted by atomic mass is 9.94. The first-order chi connectivity index (χ1) is 7.56. The van der Waals surface area contributed by atoms with Crippen LogP contribution in [0.25, 0.3) is 0 Å². The summed E-state index contributed by atoms with van der Waals surface area (Å²) in [6.45, 7) is 13.1. The van der Waals surface area contributed by atoms with Crippen molar-refractivity contribution in [1.29, 1.82) is 0 Å². The molecule has 95 valence electrons. The van der Waals surface area contributed by atoms with Crippen LogP contribution in [0, 0.1) is 18.8 Å². The zero-order chi connectivity index (χ0) is 12.4. The lowest BCUT2D eigenvalue weighted by Gasteiger charge is -2.12. The van der Waals surface area contributed by atoms with Crippen LogP contribution in [-0.2, 0) is 0 Å². The van der Waals surface area contributed by atoms with Crippen molar-refractivity contribution >= 4 is 0 Å². The van der Waals surface area contributed by atoms with Crippen LogP contribution in [0.15, 0.2) is 11.6 Å². The largest absolute Gasteiger partial charge is 0.0856 e. The van der Waals surface area contributed by atoms with Gasteiger partial charge in [0.25, 0.3) is 0 Å². The monoisotopic (exact) mass is 223 g/mol. The van der Waals surface area contributed by atoms with Crippen molar-refractivity contribution in [1.82, 2.24) is 0 Å². The average Bonchev–Trinajstić information content (AvgIpc) is 2.17. The van der Waals surface area contributed by atoms with E-state index in [4.69, 9.17) is 0 Å². The summed E-state index contributed by atoms with van der Waals surface area (Å²) < 4.78 is 0. The van der Waals surface area contributed by atoms with Gasteiger partial charge in [0.05, 0.1) is 0 Å². The fourth-order valence-corrected chi connectivity index (χ4v) is 2.10. The second-order valence-electron chi connectivity index (χ2n) is 5.66. The SMILES string of the molecule is [CH2]CC=C(C)CCCC(C)CCCC(C)C. The molecule has 0 spiro atoms. The average molecular weight is 223 g/mol. The predicted molar refractivity (Wildman–Crippen MR) is 75.4 cm³/mol. The smallest absolute Gasteiger partial charge is 0.0323 e. The predicted octanol–water partition coefficient (Wildman–Crippen LogP) is 5.79. The molecule has 0 nitrogen and oxygen atoms in total. The highest BCUT2D eigenvalue weighted by Crippen LogP contribution is 2.19. The van der Waals surface area contributed by atoms with Gasteiger partial charge in [-0.1, -0.05) is 58.1 Å². The fraction of sp³-hybridized carbons (Fsp3) is 0.812. The molecule has 0 rings (SSSR count). The van der Waals surface area contributed by atoms with Gasteiger partial charge in [-0.2, -0.15) is 0 Å². The summed E-state index contributed by atoms with van der Waals surface area (Å²) in [6.07, 6.45) is 11.4. The molecule has 0 aliphatic carbocycles. The van der Waals surface area contributed by atoms with E-state index >= 15 is 0 Å². The Morgan fingerprint density at radius 2 is 1.69 bits per heavy atom. The van der Waals surface area contributed by atoms with E-state index in [1.165, 1.54) is 44.1 Å². The van der Waals surface area contributed by atoms with Crippen LogP contribution in [-0.4, -0.2) is 0 Å². The summed E-state index contributed by atoms with van der Waals surface area (Å²) in [6, 6.07) is 0. The van der Waals surface area contributed by atoms with Crippen molar-refractivity contribution < 1.29 is 0 Å². The zero-order valence-electron chi connectivity index (χ0n) is 11.9. The molecule has 0 saturated carbocycles. The van der Waals surface area contributed by atoms with Crippen molar-refractivity contribution in [2.45, 2.75) is 72.6 Å². The molecular weight excluding hydrogens is 192 g/mol. The maximum Gasteiger partial charge on any atom is -0.0323 e. The van der Waals surface area contributed by atoms with Crippen LogP contribution in [0.3, 0.4) is 0 Å². The highest BCUT2D eigenvalue weighted by molar-refractivity contribution is 4.97. The second-order valence-corrected chi connectivity index (χ2v) is 5.66. The number of allylic oxidation sites excluding steroid dienone is 2. The van der Waals surface area contributed by atoms with E-state index in [1.807, 2.05) is 0 Å². The lowest BCUT2D eigenvalue weighted by molar-refractivity contribution is 0.427.